The van der Waals surface area contributed by atoms with E-state index in [9.17, 15) is 5.11 Å². The molecule has 0 amide bonds. The molecule has 1 unspecified atom stereocenters. The monoisotopic (exact) mass is 147 g/mol. The molecule has 0 spiro atoms. The van der Waals surface area contributed by atoms with Gasteiger partial charge in [-0.25, -0.2) is 0 Å². The smallest absolute Gasteiger partial charge is 0.0862 e. The Morgan fingerprint density at radius 1 is 1.78 bits per heavy atom. The fraction of sp³-hybridized carbons (Fsp3) is 1.00. The number of hydrogen-bond acceptors (Lipinski definition) is 2. The summed E-state index contributed by atoms with van der Waals surface area (Å²) in [5.74, 6) is -0.0532. The Morgan fingerprint density at radius 3 is 3.00 bits per heavy atom. The molecule has 0 aliphatic carbocycles. The van der Waals surface area contributed by atoms with Crippen molar-refractivity contribution in [1.82, 2.24) is 5.09 Å². The second-order valence-corrected chi connectivity index (χ2v) is 4.64. The summed E-state index contributed by atoms with van der Waals surface area (Å²) in [6.45, 7) is 3.15. The Hall–Kier alpha value is 0.350. The molecule has 0 saturated carbocycles. The van der Waals surface area contributed by atoms with Gasteiger partial charge in [-0.15, -0.1) is 0 Å². The van der Waals surface area contributed by atoms with E-state index >= 15 is 0 Å². The van der Waals surface area contributed by atoms with E-state index in [2.05, 4.69) is 5.09 Å². The molecule has 54 valence electrons. The van der Waals surface area contributed by atoms with Crippen molar-refractivity contribution in [3.8, 4) is 0 Å². The maximum atomic E-state index is 9.32. The van der Waals surface area contributed by atoms with E-state index in [0.717, 1.165) is 13.0 Å². The Labute approximate surface area is 57.5 Å². The highest BCUT2D eigenvalue weighted by atomic mass is 31.1. The van der Waals surface area contributed by atoms with E-state index in [-0.39, 0.29) is 13.9 Å². The van der Waals surface area contributed by atoms with Gasteiger partial charge in [0, 0.05) is 0 Å². The predicted octanol–water partition coefficient (Wildman–Crippen LogP) is 1.10. The van der Waals surface area contributed by atoms with Gasteiger partial charge in [-0.3, -0.25) is 5.09 Å². The van der Waals surface area contributed by atoms with Crippen molar-refractivity contribution in [1.29, 1.82) is 0 Å². The Balaban J connectivity index is 2.24. The van der Waals surface area contributed by atoms with E-state index in [1.807, 2.05) is 6.92 Å². The summed E-state index contributed by atoms with van der Waals surface area (Å²) in [6, 6.07) is 0. The molecule has 2 nitrogen and oxygen atoms in total. The summed E-state index contributed by atoms with van der Waals surface area (Å²) < 4.78 is 0. The molecule has 0 aromatic carbocycles. The number of aliphatic hydroxyl groups is 1. The zero-order valence-electron chi connectivity index (χ0n) is 5.80. The summed E-state index contributed by atoms with van der Waals surface area (Å²) in [6.07, 6.45) is 3.37. The normalized spacial score (nSPS) is 30.7. The minimum atomic E-state index is -0.201. The summed E-state index contributed by atoms with van der Waals surface area (Å²) >= 11 is 0. The third-order valence-electron chi connectivity index (χ3n) is 1.62. The minimum Gasteiger partial charge on any atom is -0.387 e. The van der Waals surface area contributed by atoms with Crippen LogP contribution in [-0.4, -0.2) is 23.7 Å². The third-order valence-corrected chi connectivity index (χ3v) is 4.13. The first kappa shape index (κ1) is 7.46. The average Bonchev–Trinajstić information content (AvgIpc) is 2.37. The van der Waals surface area contributed by atoms with Crippen LogP contribution in [0.2, 0.25) is 0 Å². The van der Waals surface area contributed by atoms with Crippen molar-refractivity contribution in [2.75, 3.05) is 12.7 Å². The van der Waals surface area contributed by atoms with Crippen molar-refractivity contribution < 1.29 is 5.11 Å². The van der Waals surface area contributed by atoms with Gasteiger partial charge in [0.1, 0.15) is 0 Å². The van der Waals surface area contributed by atoms with Crippen LogP contribution in [0, 0.1) is 0 Å². The third kappa shape index (κ3) is 1.89. The quantitative estimate of drug-likeness (QED) is 0.573. The molecule has 1 saturated heterocycles. The van der Waals surface area contributed by atoms with E-state index < -0.39 is 0 Å². The van der Waals surface area contributed by atoms with Crippen LogP contribution in [0.4, 0.5) is 0 Å². The van der Waals surface area contributed by atoms with Crippen LogP contribution in [-0.2, 0) is 0 Å². The summed E-state index contributed by atoms with van der Waals surface area (Å²) in [4.78, 5) is 0. The number of aliphatic hydroxyl groups excluding tert-OH is 1. The van der Waals surface area contributed by atoms with Gasteiger partial charge in [-0.1, -0.05) is 6.92 Å². The molecule has 0 aromatic rings. The molecule has 2 atom stereocenters. The topological polar surface area (TPSA) is 32.3 Å². The molecule has 9 heavy (non-hydrogen) atoms. The second kappa shape index (κ2) is 3.50. The lowest BCUT2D eigenvalue weighted by Gasteiger charge is -2.15. The largest absolute Gasteiger partial charge is 0.387 e. The van der Waals surface area contributed by atoms with Gasteiger partial charge in [-0.05, 0) is 33.6 Å². The number of nitrogens with one attached hydrogen (secondary N) is 1. The predicted molar refractivity (Wildman–Crippen MR) is 40.7 cm³/mol. The van der Waals surface area contributed by atoms with Crippen LogP contribution in [0.5, 0.6) is 0 Å². The molecule has 1 aliphatic rings. The SMILES string of the molecule is CCC(O)[P@]1CCCN1. The van der Waals surface area contributed by atoms with Crippen molar-refractivity contribution in [2.45, 2.75) is 25.6 Å². The molecule has 0 aromatic heterocycles. The molecular formula is C6H14NOP. The highest BCUT2D eigenvalue weighted by Crippen LogP contribution is 2.40. The van der Waals surface area contributed by atoms with E-state index in [1.165, 1.54) is 12.6 Å². The highest BCUT2D eigenvalue weighted by Gasteiger charge is 2.19. The fourth-order valence-electron chi connectivity index (χ4n) is 1.03. The van der Waals surface area contributed by atoms with Crippen LogP contribution in [0.25, 0.3) is 0 Å². The first-order valence-corrected chi connectivity index (χ1v) is 5.12. The molecule has 0 bridgehead atoms. The zero-order chi connectivity index (χ0) is 6.69. The lowest BCUT2D eigenvalue weighted by Crippen LogP contribution is -2.10. The average molecular weight is 147 g/mol. The summed E-state index contributed by atoms with van der Waals surface area (Å²) in [5, 5.41) is 12.6. The molecule has 1 rings (SSSR count). The fourth-order valence-corrected chi connectivity index (χ4v) is 3.08. The lowest BCUT2D eigenvalue weighted by molar-refractivity contribution is 0.252. The second-order valence-electron chi connectivity index (χ2n) is 2.34. The molecule has 1 aliphatic heterocycles. The zero-order valence-corrected chi connectivity index (χ0v) is 6.69. The van der Waals surface area contributed by atoms with Gasteiger partial charge in [0.15, 0.2) is 0 Å². The maximum Gasteiger partial charge on any atom is 0.0862 e. The van der Waals surface area contributed by atoms with Crippen molar-refractivity contribution in [2.24, 2.45) is 0 Å². The molecule has 3 heteroatoms. The van der Waals surface area contributed by atoms with Gasteiger partial charge in [0.05, 0.1) is 5.85 Å². The Morgan fingerprint density at radius 2 is 2.56 bits per heavy atom. The van der Waals surface area contributed by atoms with Gasteiger partial charge in [0.25, 0.3) is 0 Å². The molecule has 1 heterocycles. The number of hydrogen-bond donors (Lipinski definition) is 2. The van der Waals surface area contributed by atoms with Crippen LogP contribution in [0.15, 0.2) is 0 Å². The van der Waals surface area contributed by atoms with Crippen LogP contribution < -0.4 is 5.09 Å². The van der Waals surface area contributed by atoms with E-state index in [0.29, 0.717) is 0 Å². The van der Waals surface area contributed by atoms with Gasteiger partial charge >= 0.3 is 0 Å². The molecular weight excluding hydrogens is 133 g/mol. The molecule has 0 radical (unpaired) electrons. The van der Waals surface area contributed by atoms with Gasteiger partial charge < -0.3 is 5.11 Å². The highest BCUT2D eigenvalue weighted by molar-refractivity contribution is 7.56. The van der Waals surface area contributed by atoms with Crippen LogP contribution in [0.3, 0.4) is 0 Å². The van der Waals surface area contributed by atoms with E-state index in [4.69, 9.17) is 0 Å². The molecule has 1 fully saturated rings. The lowest BCUT2D eigenvalue weighted by atomic mass is 10.5. The van der Waals surface area contributed by atoms with Crippen molar-refractivity contribution >= 4 is 8.07 Å². The summed E-state index contributed by atoms with van der Waals surface area (Å²) in [5.41, 5.74) is 0. The first-order chi connectivity index (χ1) is 4.34. The Kier molecular flexibility index (Phi) is 2.90. The van der Waals surface area contributed by atoms with Crippen molar-refractivity contribution in [3.05, 3.63) is 0 Å². The Bertz CT molecular complexity index is 83.1. The van der Waals surface area contributed by atoms with E-state index in [1.54, 1.807) is 0 Å². The standard InChI is InChI=1S/C6H14NOP/c1-2-6(8)9-5-3-4-7-9/h6-8H,2-5H2,1H3/t6?,9-/m0/s1. The maximum absolute atomic E-state index is 9.32. The van der Waals surface area contributed by atoms with Crippen molar-refractivity contribution in [3.63, 3.8) is 0 Å². The molecule has 2 N–H and O–H groups in total. The van der Waals surface area contributed by atoms with Crippen LogP contribution in [0.1, 0.15) is 19.8 Å². The van der Waals surface area contributed by atoms with Crippen LogP contribution >= 0.6 is 8.07 Å². The van der Waals surface area contributed by atoms with Gasteiger partial charge in [0.2, 0.25) is 0 Å². The minimum absolute atomic E-state index is 0.0532. The first-order valence-electron chi connectivity index (χ1n) is 3.53. The number of rotatable bonds is 2. The summed E-state index contributed by atoms with van der Waals surface area (Å²) in [7, 11) is -0.201. The van der Waals surface area contributed by atoms with Gasteiger partial charge in [-0.2, -0.15) is 0 Å².